The maximum atomic E-state index is 12.6. The molecule has 2 rings (SSSR count). The summed E-state index contributed by atoms with van der Waals surface area (Å²) in [6.07, 6.45) is -4.44. The van der Waals surface area contributed by atoms with Gasteiger partial charge < -0.3 is 4.98 Å². The number of aromatic nitrogens is 2. The summed E-state index contributed by atoms with van der Waals surface area (Å²) in [5.41, 5.74) is -0.519. The molecule has 0 amide bonds. The summed E-state index contributed by atoms with van der Waals surface area (Å²) in [4.78, 5) is 6.51. The van der Waals surface area contributed by atoms with E-state index in [0.29, 0.717) is 11.3 Å². The Kier molecular flexibility index (Phi) is 2.03. The number of alkyl halides is 3. The summed E-state index contributed by atoms with van der Waals surface area (Å²) in [6, 6.07) is 2.33. The average molecular weight is 210 g/mol. The Hall–Kier alpha value is -1.46. The largest absolute Gasteiger partial charge is 0.418 e. The van der Waals surface area contributed by atoms with Gasteiger partial charge in [0, 0.05) is 0 Å². The van der Waals surface area contributed by atoms with E-state index in [9.17, 15) is 13.2 Å². The second-order valence-electron chi connectivity index (χ2n) is 3.28. The average Bonchev–Trinajstić information content (AvgIpc) is 2.41. The van der Waals surface area contributed by atoms with Crippen LogP contribution in [0, 0.1) is 6.92 Å². The molecule has 0 aliphatic carbocycles. The zero-order valence-corrected chi connectivity index (χ0v) is 7.81. The Balaban J connectivity index is 2.82. The highest BCUT2D eigenvalue weighted by Gasteiger charge is 2.33. The number of hydrogen-bond donors (Lipinski definition) is 1. The zero-order valence-electron chi connectivity index (χ0n) is 7.81. The fraction of sp³-hybridized carbons (Fsp3) is 0.222. The van der Waals surface area contributed by atoms with E-state index < -0.39 is 11.7 Å². The van der Waals surface area contributed by atoms with Crippen LogP contribution in [0.15, 0.2) is 12.1 Å². The molecule has 2 nitrogen and oxygen atoms in total. The van der Waals surface area contributed by atoms with Gasteiger partial charge in [0.2, 0.25) is 0 Å². The first-order valence-corrected chi connectivity index (χ1v) is 4.21. The molecule has 1 heterocycles. The lowest BCUT2D eigenvalue weighted by atomic mass is 9.93. The van der Waals surface area contributed by atoms with Crippen LogP contribution in [0.3, 0.4) is 0 Å². The molecule has 1 aromatic carbocycles. The smallest absolute Gasteiger partial charge is 0.342 e. The van der Waals surface area contributed by atoms with Gasteiger partial charge in [0.1, 0.15) is 19.2 Å². The third-order valence-electron chi connectivity index (χ3n) is 2.03. The lowest BCUT2D eigenvalue weighted by Gasteiger charge is -2.08. The predicted octanol–water partition coefficient (Wildman–Crippen LogP) is 1.68. The first-order chi connectivity index (χ1) is 6.88. The molecular formula is C9H6BF3N2. The van der Waals surface area contributed by atoms with Crippen LogP contribution >= 0.6 is 0 Å². The fourth-order valence-corrected chi connectivity index (χ4v) is 1.48. The number of hydrogen-bond acceptors (Lipinski definition) is 1. The van der Waals surface area contributed by atoms with Crippen molar-refractivity contribution in [3.63, 3.8) is 0 Å². The minimum Gasteiger partial charge on any atom is -0.342 e. The Bertz CT molecular complexity index is 516. The van der Waals surface area contributed by atoms with E-state index in [1.807, 2.05) is 0 Å². The molecule has 0 aliphatic rings. The maximum Gasteiger partial charge on any atom is 0.418 e. The molecule has 0 saturated heterocycles. The number of nitrogens with one attached hydrogen (secondary N) is 1. The Labute approximate surface area is 84.9 Å². The van der Waals surface area contributed by atoms with Crippen LogP contribution in [0.2, 0.25) is 0 Å². The van der Waals surface area contributed by atoms with E-state index in [1.165, 1.54) is 6.07 Å². The molecule has 2 radical (unpaired) electrons. The molecule has 1 aromatic heterocycles. The summed E-state index contributed by atoms with van der Waals surface area (Å²) < 4.78 is 37.8. The highest BCUT2D eigenvalue weighted by molar-refractivity contribution is 6.33. The van der Waals surface area contributed by atoms with Crippen LogP contribution in [0.5, 0.6) is 0 Å². The summed E-state index contributed by atoms with van der Waals surface area (Å²) >= 11 is 0. The van der Waals surface area contributed by atoms with Crippen molar-refractivity contribution in [3.05, 3.63) is 23.5 Å². The normalized spacial score (nSPS) is 12.3. The van der Waals surface area contributed by atoms with E-state index in [1.54, 1.807) is 6.92 Å². The summed E-state index contributed by atoms with van der Waals surface area (Å²) in [6.45, 7) is 1.59. The standard InChI is InChI=1S/C9H6BF3N2/c1-4-14-7-3-5(10)2-6(8(7)15-4)9(11,12)13/h2-3H,1H3,(H,14,15). The molecule has 0 aliphatic heterocycles. The monoisotopic (exact) mass is 210 g/mol. The number of aromatic amines is 1. The first kappa shape index (κ1) is 10.1. The Morgan fingerprint density at radius 2 is 2.00 bits per heavy atom. The molecule has 2 aromatic rings. The van der Waals surface area contributed by atoms with Crippen molar-refractivity contribution in [3.8, 4) is 0 Å². The van der Waals surface area contributed by atoms with Gasteiger partial charge in [-0.3, -0.25) is 0 Å². The number of fused-ring (bicyclic) bond motifs is 1. The van der Waals surface area contributed by atoms with Gasteiger partial charge in [-0.25, -0.2) is 4.98 Å². The van der Waals surface area contributed by atoms with E-state index in [2.05, 4.69) is 9.97 Å². The zero-order chi connectivity index (χ0) is 11.2. The van der Waals surface area contributed by atoms with Crippen LogP contribution in [0.25, 0.3) is 11.0 Å². The lowest BCUT2D eigenvalue weighted by molar-refractivity contribution is -0.136. The van der Waals surface area contributed by atoms with Gasteiger partial charge in [0.25, 0.3) is 0 Å². The molecule has 0 atom stereocenters. The number of rotatable bonds is 0. The fourth-order valence-electron chi connectivity index (χ4n) is 1.48. The minimum atomic E-state index is -4.44. The van der Waals surface area contributed by atoms with Gasteiger partial charge in [-0.2, -0.15) is 13.2 Å². The summed E-state index contributed by atoms with van der Waals surface area (Å²) in [7, 11) is 5.38. The van der Waals surface area contributed by atoms with Crippen LogP contribution < -0.4 is 5.46 Å². The van der Waals surface area contributed by atoms with E-state index in [4.69, 9.17) is 7.85 Å². The number of aryl methyl sites for hydroxylation is 1. The van der Waals surface area contributed by atoms with Gasteiger partial charge in [-0.05, 0) is 13.0 Å². The summed E-state index contributed by atoms with van der Waals surface area (Å²) in [5, 5.41) is 0. The van der Waals surface area contributed by atoms with Crippen molar-refractivity contribution in [2.75, 3.05) is 0 Å². The van der Waals surface area contributed by atoms with Gasteiger partial charge in [-0.15, -0.1) is 0 Å². The van der Waals surface area contributed by atoms with Crippen molar-refractivity contribution in [1.82, 2.24) is 9.97 Å². The molecule has 0 unspecified atom stereocenters. The molecule has 1 N–H and O–H groups in total. The number of nitrogens with zero attached hydrogens (tertiary/aromatic N) is 1. The molecule has 0 bridgehead atoms. The second kappa shape index (κ2) is 3.02. The van der Waals surface area contributed by atoms with Crippen LogP contribution in [-0.4, -0.2) is 17.8 Å². The van der Waals surface area contributed by atoms with E-state index in [-0.39, 0.29) is 11.0 Å². The lowest BCUT2D eigenvalue weighted by Crippen LogP contribution is -2.12. The van der Waals surface area contributed by atoms with Gasteiger partial charge >= 0.3 is 6.18 Å². The second-order valence-corrected chi connectivity index (χ2v) is 3.28. The van der Waals surface area contributed by atoms with Gasteiger partial charge in [0.15, 0.2) is 0 Å². The highest BCUT2D eigenvalue weighted by atomic mass is 19.4. The van der Waals surface area contributed by atoms with Crippen molar-refractivity contribution in [2.45, 2.75) is 13.1 Å². The molecule has 0 saturated carbocycles. The van der Waals surface area contributed by atoms with E-state index >= 15 is 0 Å². The number of H-pyrrole nitrogens is 1. The minimum absolute atomic E-state index is 0.0680. The van der Waals surface area contributed by atoms with E-state index in [0.717, 1.165) is 6.07 Å². The van der Waals surface area contributed by atoms with Gasteiger partial charge in [0.05, 0.1) is 11.1 Å². The quantitative estimate of drug-likeness (QED) is 0.658. The van der Waals surface area contributed by atoms with Gasteiger partial charge in [-0.1, -0.05) is 11.5 Å². The molecule has 15 heavy (non-hydrogen) atoms. The van der Waals surface area contributed by atoms with Crippen LogP contribution in [0.4, 0.5) is 13.2 Å². The predicted molar refractivity (Wildman–Crippen MR) is 51.2 cm³/mol. The Morgan fingerprint density at radius 3 is 2.60 bits per heavy atom. The molecular weight excluding hydrogens is 204 g/mol. The molecule has 0 fully saturated rings. The molecule has 76 valence electrons. The topological polar surface area (TPSA) is 28.7 Å². The number of imidazole rings is 1. The number of halogens is 3. The molecule has 0 spiro atoms. The third kappa shape index (κ3) is 1.71. The van der Waals surface area contributed by atoms with Crippen LogP contribution in [0.1, 0.15) is 11.4 Å². The maximum absolute atomic E-state index is 12.6. The number of benzene rings is 1. The Morgan fingerprint density at radius 1 is 1.33 bits per heavy atom. The van der Waals surface area contributed by atoms with Crippen molar-refractivity contribution in [1.29, 1.82) is 0 Å². The first-order valence-electron chi connectivity index (χ1n) is 4.21. The van der Waals surface area contributed by atoms with Crippen LogP contribution in [-0.2, 0) is 6.18 Å². The summed E-state index contributed by atoms with van der Waals surface area (Å²) in [5.74, 6) is 0.432. The highest BCUT2D eigenvalue weighted by Crippen LogP contribution is 2.33. The van der Waals surface area contributed by atoms with Crippen molar-refractivity contribution >= 4 is 24.3 Å². The van der Waals surface area contributed by atoms with Crippen molar-refractivity contribution < 1.29 is 13.2 Å². The molecule has 6 heteroatoms. The van der Waals surface area contributed by atoms with Crippen molar-refractivity contribution in [2.24, 2.45) is 0 Å². The SMILES string of the molecule is [B]c1cc(C(F)(F)F)c2nc(C)[nH]c2c1. The third-order valence-corrected chi connectivity index (χ3v) is 2.03.